The van der Waals surface area contributed by atoms with Gasteiger partial charge in [0, 0.05) is 12.6 Å². The molecule has 94 valence electrons. The van der Waals surface area contributed by atoms with Crippen LogP contribution in [0.5, 0.6) is 0 Å². The van der Waals surface area contributed by atoms with Crippen LogP contribution in [0.15, 0.2) is 18.2 Å². The molecule has 0 saturated heterocycles. The smallest absolute Gasteiger partial charge is 0.270 e. The fourth-order valence-electron chi connectivity index (χ4n) is 1.53. The van der Waals surface area contributed by atoms with Gasteiger partial charge in [-0.2, -0.15) is 0 Å². The van der Waals surface area contributed by atoms with Gasteiger partial charge in [0.2, 0.25) is 0 Å². The van der Waals surface area contributed by atoms with E-state index in [1.807, 2.05) is 25.9 Å². The van der Waals surface area contributed by atoms with Crippen LogP contribution in [0.3, 0.4) is 0 Å². The van der Waals surface area contributed by atoms with E-state index in [9.17, 15) is 4.79 Å². The lowest BCUT2D eigenvalue weighted by molar-refractivity contribution is 0.0929. The number of hydrogen-bond acceptors (Lipinski definition) is 5. The predicted octanol–water partition coefficient (Wildman–Crippen LogP) is 0.0471. The second-order valence-electron chi connectivity index (χ2n) is 4.19. The minimum absolute atomic E-state index is 0.0637. The first-order valence-electron chi connectivity index (χ1n) is 5.42. The molecular weight excluding hydrogens is 218 g/mol. The number of rotatable bonds is 5. The normalized spacial score (nSPS) is 12.3. The highest BCUT2D eigenvalue weighted by Gasteiger charge is 2.11. The Balaban J connectivity index is 2.63. The lowest BCUT2D eigenvalue weighted by Crippen LogP contribution is -2.39. The van der Waals surface area contributed by atoms with Crippen molar-refractivity contribution in [1.82, 2.24) is 15.2 Å². The van der Waals surface area contributed by atoms with Gasteiger partial charge in [-0.1, -0.05) is 6.07 Å². The zero-order valence-electron chi connectivity index (χ0n) is 10.4. The zero-order valence-corrected chi connectivity index (χ0v) is 10.4. The van der Waals surface area contributed by atoms with Crippen LogP contribution in [0.2, 0.25) is 0 Å². The highest BCUT2D eigenvalue weighted by Crippen LogP contribution is 2.03. The fourth-order valence-corrected chi connectivity index (χ4v) is 1.53. The van der Waals surface area contributed by atoms with Crippen molar-refractivity contribution >= 4 is 11.7 Å². The molecule has 0 aliphatic carbocycles. The number of likely N-dealkylation sites (N-methyl/N-ethyl adjacent to an activating group) is 1. The number of hydrogen-bond donors (Lipinski definition) is 3. The maximum Gasteiger partial charge on any atom is 0.270 e. The van der Waals surface area contributed by atoms with E-state index in [1.165, 1.54) is 0 Å². The molecule has 1 amide bonds. The Morgan fingerprint density at radius 2 is 2.24 bits per heavy atom. The van der Waals surface area contributed by atoms with Crippen molar-refractivity contribution in [3.05, 3.63) is 23.9 Å². The van der Waals surface area contributed by atoms with Gasteiger partial charge in [-0.3, -0.25) is 4.79 Å². The summed E-state index contributed by atoms with van der Waals surface area (Å²) in [6.07, 6.45) is 0. The molecule has 1 heterocycles. The third-order valence-electron chi connectivity index (χ3n) is 2.15. The molecule has 1 aromatic heterocycles. The maximum absolute atomic E-state index is 11.8. The summed E-state index contributed by atoms with van der Waals surface area (Å²) in [5, 5.41) is 2.87. The van der Waals surface area contributed by atoms with Gasteiger partial charge in [0.1, 0.15) is 11.5 Å². The number of pyridine rings is 1. The minimum atomic E-state index is -0.198. The lowest BCUT2D eigenvalue weighted by atomic mass is 10.2. The zero-order chi connectivity index (χ0) is 12.8. The Hall–Kier alpha value is -1.66. The monoisotopic (exact) mass is 237 g/mol. The van der Waals surface area contributed by atoms with Gasteiger partial charge >= 0.3 is 0 Å². The number of anilines is 1. The molecule has 0 bridgehead atoms. The van der Waals surface area contributed by atoms with Crippen molar-refractivity contribution in [2.75, 3.05) is 26.1 Å². The summed E-state index contributed by atoms with van der Waals surface area (Å²) in [4.78, 5) is 17.9. The van der Waals surface area contributed by atoms with Gasteiger partial charge in [0.15, 0.2) is 0 Å². The third-order valence-corrected chi connectivity index (χ3v) is 2.15. The van der Waals surface area contributed by atoms with Crippen LogP contribution in [0.25, 0.3) is 0 Å². The second-order valence-corrected chi connectivity index (χ2v) is 4.19. The number of hydrazine groups is 1. The van der Waals surface area contributed by atoms with E-state index < -0.39 is 0 Å². The number of carbonyl (C=O) groups excluding carboxylic acids is 1. The quantitative estimate of drug-likeness (QED) is 0.498. The molecule has 1 atom stereocenters. The molecule has 6 heteroatoms. The van der Waals surface area contributed by atoms with E-state index in [1.54, 1.807) is 18.2 Å². The van der Waals surface area contributed by atoms with E-state index >= 15 is 0 Å². The number of aromatic nitrogens is 1. The molecule has 0 aliphatic heterocycles. The van der Waals surface area contributed by atoms with Gasteiger partial charge in [-0.25, -0.2) is 10.8 Å². The topological polar surface area (TPSA) is 83.3 Å². The molecule has 17 heavy (non-hydrogen) atoms. The average molecular weight is 237 g/mol. The number of nitrogens with two attached hydrogens (primary N) is 1. The van der Waals surface area contributed by atoms with E-state index in [0.717, 1.165) is 6.54 Å². The van der Waals surface area contributed by atoms with Gasteiger partial charge in [0.25, 0.3) is 5.91 Å². The number of nitrogens with zero attached hydrogens (tertiary/aromatic N) is 2. The van der Waals surface area contributed by atoms with E-state index in [-0.39, 0.29) is 11.9 Å². The average Bonchev–Trinajstić information content (AvgIpc) is 2.27. The van der Waals surface area contributed by atoms with Crippen molar-refractivity contribution in [3.63, 3.8) is 0 Å². The maximum atomic E-state index is 11.8. The van der Waals surface area contributed by atoms with Crippen molar-refractivity contribution < 1.29 is 4.79 Å². The Labute approximate surface area is 101 Å². The summed E-state index contributed by atoms with van der Waals surface area (Å²) in [5.41, 5.74) is 2.76. The van der Waals surface area contributed by atoms with Crippen molar-refractivity contribution in [3.8, 4) is 0 Å². The Morgan fingerprint density at radius 3 is 2.82 bits per heavy atom. The number of nitrogen functional groups attached to an aromatic ring is 1. The molecule has 1 unspecified atom stereocenters. The molecule has 1 rings (SSSR count). The summed E-state index contributed by atoms with van der Waals surface area (Å²) < 4.78 is 0. The van der Waals surface area contributed by atoms with Crippen molar-refractivity contribution in [1.29, 1.82) is 0 Å². The molecule has 4 N–H and O–H groups in total. The highest BCUT2D eigenvalue weighted by atomic mass is 16.1. The molecule has 6 nitrogen and oxygen atoms in total. The molecule has 0 fully saturated rings. The molecule has 1 aromatic rings. The predicted molar refractivity (Wildman–Crippen MR) is 67.5 cm³/mol. The summed E-state index contributed by atoms with van der Waals surface area (Å²) in [7, 11) is 3.92. The van der Waals surface area contributed by atoms with Crippen molar-refractivity contribution in [2.45, 2.75) is 13.0 Å². The summed E-state index contributed by atoms with van der Waals surface area (Å²) >= 11 is 0. The van der Waals surface area contributed by atoms with E-state index in [2.05, 4.69) is 15.7 Å². The first-order chi connectivity index (χ1) is 8.02. The number of nitrogens with one attached hydrogen (secondary N) is 2. The van der Waals surface area contributed by atoms with Crippen LogP contribution in [-0.2, 0) is 0 Å². The minimum Gasteiger partial charge on any atom is -0.347 e. The lowest BCUT2D eigenvalue weighted by Gasteiger charge is -2.18. The number of carbonyl (C=O) groups is 1. The largest absolute Gasteiger partial charge is 0.347 e. The van der Waals surface area contributed by atoms with Gasteiger partial charge in [0.05, 0.1) is 0 Å². The fraction of sp³-hybridized carbons (Fsp3) is 0.455. The summed E-state index contributed by atoms with van der Waals surface area (Å²) in [5.74, 6) is 5.51. The highest BCUT2D eigenvalue weighted by molar-refractivity contribution is 5.92. The van der Waals surface area contributed by atoms with Crippen LogP contribution in [0, 0.1) is 0 Å². The second kappa shape index (κ2) is 6.17. The molecular formula is C11H19N5O. The Morgan fingerprint density at radius 1 is 1.53 bits per heavy atom. The molecule has 0 spiro atoms. The van der Waals surface area contributed by atoms with Crippen LogP contribution in [-0.4, -0.2) is 42.5 Å². The Kier molecular flexibility index (Phi) is 4.86. The number of amides is 1. The van der Waals surface area contributed by atoms with Gasteiger partial charge < -0.3 is 15.6 Å². The first kappa shape index (κ1) is 13.4. The van der Waals surface area contributed by atoms with Crippen LogP contribution in [0.4, 0.5) is 5.82 Å². The van der Waals surface area contributed by atoms with E-state index in [0.29, 0.717) is 11.5 Å². The summed E-state index contributed by atoms with van der Waals surface area (Å²) in [6.45, 7) is 2.73. The van der Waals surface area contributed by atoms with E-state index in [4.69, 9.17) is 5.84 Å². The first-order valence-corrected chi connectivity index (χ1v) is 5.42. The standard InChI is InChI=1S/C11H19N5O/c1-8(7-16(2)3)13-11(17)9-5-4-6-10(14-9)15-12/h4-6,8H,7,12H2,1-3H3,(H,13,17)(H,14,15). The molecule has 0 aliphatic rings. The third kappa shape index (κ3) is 4.38. The Bertz CT molecular complexity index is 380. The van der Waals surface area contributed by atoms with Crippen LogP contribution < -0.4 is 16.6 Å². The molecule has 0 radical (unpaired) electrons. The van der Waals surface area contributed by atoms with Crippen LogP contribution >= 0.6 is 0 Å². The van der Waals surface area contributed by atoms with Crippen LogP contribution in [0.1, 0.15) is 17.4 Å². The van der Waals surface area contributed by atoms with Gasteiger partial charge in [-0.05, 0) is 33.2 Å². The molecule has 0 saturated carbocycles. The molecule has 0 aromatic carbocycles. The van der Waals surface area contributed by atoms with Crippen molar-refractivity contribution in [2.24, 2.45) is 5.84 Å². The SMILES string of the molecule is CC(CN(C)C)NC(=O)c1cccc(NN)n1. The van der Waals surface area contributed by atoms with Gasteiger partial charge in [-0.15, -0.1) is 0 Å². The summed E-state index contributed by atoms with van der Waals surface area (Å²) in [6, 6.07) is 5.14.